The van der Waals surface area contributed by atoms with Gasteiger partial charge < -0.3 is 5.11 Å². The van der Waals surface area contributed by atoms with Crippen molar-refractivity contribution in [1.29, 1.82) is 0 Å². The highest BCUT2D eigenvalue weighted by molar-refractivity contribution is 5.61. The van der Waals surface area contributed by atoms with Crippen molar-refractivity contribution in [2.24, 2.45) is 5.18 Å². The lowest BCUT2D eigenvalue weighted by Crippen LogP contribution is -2.20. The van der Waals surface area contributed by atoms with Gasteiger partial charge in [-0.2, -0.15) is 4.91 Å². The van der Waals surface area contributed by atoms with Crippen LogP contribution in [0.4, 0.5) is 0 Å². The Balaban J connectivity index is 2.01. The molecule has 0 saturated heterocycles. The fourth-order valence-corrected chi connectivity index (χ4v) is 2.71. The van der Waals surface area contributed by atoms with E-state index in [0.29, 0.717) is 11.4 Å². The average Bonchev–Trinajstić information content (AvgIpc) is 2.89. The Morgan fingerprint density at radius 2 is 1.73 bits per heavy atom. The van der Waals surface area contributed by atoms with Gasteiger partial charge in [-0.3, -0.25) is 4.57 Å². The number of nitrogens with zero attached hydrogens (tertiary/aromatic N) is 3. The van der Waals surface area contributed by atoms with Gasteiger partial charge in [-0.25, -0.2) is 9.36 Å². The molecule has 3 aromatic rings. The maximum absolute atomic E-state index is 12.8. The van der Waals surface area contributed by atoms with Gasteiger partial charge in [0.15, 0.2) is 0 Å². The number of benzene rings is 2. The third-order valence-corrected chi connectivity index (χ3v) is 4.30. The SMILES string of the molecule is Cc1c(O)n(-c2ccc(C(C)N=O)cc2)c(=O)n1C=Cc1ccccc1. The van der Waals surface area contributed by atoms with E-state index in [1.54, 1.807) is 50.4 Å². The molecule has 0 radical (unpaired) electrons. The van der Waals surface area contributed by atoms with E-state index in [0.717, 1.165) is 11.1 Å². The summed E-state index contributed by atoms with van der Waals surface area (Å²) in [4.78, 5) is 23.4. The lowest BCUT2D eigenvalue weighted by Gasteiger charge is -2.06. The number of nitroso groups, excluding NO2 is 1. The Morgan fingerprint density at radius 3 is 2.35 bits per heavy atom. The molecule has 1 unspecified atom stereocenters. The van der Waals surface area contributed by atoms with E-state index in [2.05, 4.69) is 5.18 Å². The zero-order valence-corrected chi connectivity index (χ0v) is 14.5. The van der Waals surface area contributed by atoms with Gasteiger partial charge in [-0.15, -0.1) is 0 Å². The van der Waals surface area contributed by atoms with Gasteiger partial charge in [0.25, 0.3) is 0 Å². The van der Waals surface area contributed by atoms with Crippen LogP contribution in [-0.2, 0) is 0 Å². The first-order valence-electron chi connectivity index (χ1n) is 8.21. The predicted octanol–water partition coefficient (Wildman–Crippen LogP) is 4.11. The maximum Gasteiger partial charge on any atom is 0.340 e. The summed E-state index contributed by atoms with van der Waals surface area (Å²) in [6, 6.07) is 15.9. The fourth-order valence-electron chi connectivity index (χ4n) is 2.71. The second kappa shape index (κ2) is 7.23. The molecule has 0 amide bonds. The standard InChI is InChI=1S/C20H19N3O3/c1-14(21-26)17-8-10-18(11-9-17)23-19(24)15(2)22(20(23)25)13-12-16-6-4-3-5-7-16/h3-14,24H,1-2H3. The molecule has 6 heteroatoms. The molecule has 2 aromatic carbocycles. The molecule has 0 aliphatic rings. The van der Waals surface area contributed by atoms with E-state index in [1.807, 2.05) is 30.3 Å². The Hall–Kier alpha value is -3.41. The summed E-state index contributed by atoms with van der Waals surface area (Å²) in [5.41, 5.74) is 2.28. The molecule has 0 aliphatic carbocycles. The lowest BCUT2D eigenvalue weighted by molar-refractivity contribution is 0.437. The highest BCUT2D eigenvalue weighted by Crippen LogP contribution is 2.23. The van der Waals surface area contributed by atoms with Gasteiger partial charge in [0.2, 0.25) is 5.88 Å². The summed E-state index contributed by atoms with van der Waals surface area (Å²) in [5, 5.41) is 13.4. The zero-order valence-electron chi connectivity index (χ0n) is 14.5. The molecule has 0 bridgehead atoms. The van der Waals surface area contributed by atoms with Crippen LogP contribution in [0.25, 0.3) is 18.0 Å². The molecule has 1 aromatic heterocycles. The van der Waals surface area contributed by atoms with Gasteiger partial charge in [0.05, 0.1) is 11.4 Å². The summed E-state index contributed by atoms with van der Waals surface area (Å²) < 4.78 is 2.62. The van der Waals surface area contributed by atoms with Gasteiger partial charge in [0, 0.05) is 6.20 Å². The first-order valence-corrected chi connectivity index (χ1v) is 8.21. The van der Waals surface area contributed by atoms with E-state index in [9.17, 15) is 14.8 Å². The minimum absolute atomic E-state index is 0.123. The van der Waals surface area contributed by atoms with Crippen molar-refractivity contribution in [2.45, 2.75) is 19.9 Å². The van der Waals surface area contributed by atoms with E-state index in [-0.39, 0.29) is 11.6 Å². The van der Waals surface area contributed by atoms with E-state index < -0.39 is 6.04 Å². The number of aromatic nitrogens is 2. The van der Waals surface area contributed by atoms with Gasteiger partial charge >= 0.3 is 5.69 Å². The number of rotatable bonds is 5. The number of hydrogen-bond acceptors (Lipinski definition) is 4. The van der Waals surface area contributed by atoms with Crippen molar-refractivity contribution in [1.82, 2.24) is 9.13 Å². The van der Waals surface area contributed by atoms with E-state index in [1.165, 1.54) is 9.13 Å². The van der Waals surface area contributed by atoms with Crippen LogP contribution in [0.2, 0.25) is 0 Å². The highest BCUT2D eigenvalue weighted by Gasteiger charge is 2.16. The van der Waals surface area contributed by atoms with Crippen LogP contribution in [0.1, 0.15) is 29.8 Å². The van der Waals surface area contributed by atoms with Crippen LogP contribution < -0.4 is 5.69 Å². The van der Waals surface area contributed by atoms with Crippen molar-refractivity contribution >= 4 is 12.3 Å². The minimum atomic E-state index is -0.463. The molecule has 1 heterocycles. The first-order chi connectivity index (χ1) is 12.5. The first kappa shape index (κ1) is 17.4. The lowest BCUT2D eigenvalue weighted by atomic mass is 10.1. The van der Waals surface area contributed by atoms with Crippen LogP contribution in [0, 0.1) is 11.8 Å². The topological polar surface area (TPSA) is 76.6 Å². The maximum atomic E-state index is 12.8. The van der Waals surface area contributed by atoms with Crippen molar-refractivity contribution in [2.75, 3.05) is 0 Å². The van der Waals surface area contributed by atoms with Gasteiger partial charge in [-0.05, 0) is 43.2 Å². The molecule has 0 aliphatic heterocycles. The highest BCUT2D eigenvalue weighted by atomic mass is 16.3. The zero-order chi connectivity index (χ0) is 18.7. The van der Waals surface area contributed by atoms with Crippen molar-refractivity contribution in [3.8, 4) is 11.6 Å². The summed E-state index contributed by atoms with van der Waals surface area (Å²) in [7, 11) is 0. The molecular formula is C20H19N3O3. The monoisotopic (exact) mass is 349 g/mol. The molecular weight excluding hydrogens is 330 g/mol. The summed E-state index contributed by atoms with van der Waals surface area (Å²) in [5.74, 6) is -0.123. The molecule has 0 saturated carbocycles. The van der Waals surface area contributed by atoms with Crippen molar-refractivity contribution < 1.29 is 5.11 Å². The second-order valence-electron chi connectivity index (χ2n) is 6.00. The molecule has 3 rings (SSSR count). The largest absolute Gasteiger partial charge is 0.493 e. The molecule has 0 spiro atoms. The molecule has 0 fully saturated rings. The van der Waals surface area contributed by atoms with Crippen molar-refractivity contribution in [3.05, 3.63) is 86.8 Å². The van der Waals surface area contributed by atoms with E-state index in [4.69, 9.17) is 0 Å². The smallest absolute Gasteiger partial charge is 0.340 e. The predicted molar refractivity (Wildman–Crippen MR) is 102 cm³/mol. The van der Waals surface area contributed by atoms with Crippen LogP contribution in [0.15, 0.2) is 64.6 Å². The Kier molecular flexibility index (Phi) is 4.84. The Morgan fingerprint density at radius 1 is 1.08 bits per heavy atom. The van der Waals surface area contributed by atoms with Crippen LogP contribution in [-0.4, -0.2) is 14.2 Å². The third-order valence-electron chi connectivity index (χ3n) is 4.30. The quantitative estimate of drug-likeness (QED) is 0.704. The molecule has 1 N–H and O–H groups in total. The fraction of sp³-hybridized carbons (Fsp3) is 0.150. The van der Waals surface area contributed by atoms with Gasteiger partial charge in [0.1, 0.15) is 6.04 Å². The molecule has 6 nitrogen and oxygen atoms in total. The third kappa shape index (κ3) is 3.21. The van der Waals surface area contributed by atoms with Crippen LogP contribution in [0.5, 0.6) is 5.88 Å². The molecule has 1 atom stereocenters. The molecule has 26 heavy (non-hydrogen) atoms. The number of aromatic hydroxyl groups is 1. The van der Waals surface area contributed by atoms with Gasteiger partial charge in [-0.1, -0.05) is 47.6 Å². The summed E-state index contributed by atoms with van der Waals surface area (Å²) >= 11 is 0. The van der Waals surface area contributed by atoms with E-state index >= 15 is 0 Å². The van der Waals surface area contributed by atoms with Crippen molar-refractivity contribution in [3.63, 3.8) is 0 Å². The minimum Gasteiger partial charge on any atom is -0.493 e. The summed E-state index contributed by atoms with van der Waals surface area (Å²) in [6.45, 7) is 3.37. The van der Waals surface area contributed by atoms with Crippen LogP contribution >= 0.6 is 0 Å². The number of hydrogen-bond donors (Lipinski definition) is 1. The van der Waals surface area contributed by atoms with Crippen LogP contribution in [0.3, 0.4) is 0 Å². The summed E-state index contributed by atoms with van der Waals surface area (Å²) in [6.07, 6.45) is 3.44. The Labute approximate surface area is 150 Å². The number of imidazole rings is 1. The molecule has 132 valence electrons. The normalized spacial score (nSPS) is 12.4. The average molecular weight is 349 g/mol. The second-order valence-corrected chi connectivity index (χ2v) is 6.00. The Bertz CT molecular complexity index is 999.